The van der Waals surface area contributed by atoms with Gasteiger partial charge >= 0.3 is 5.97 Å². The summed E-state index contributed by atoms with van der Waals surface area (Å²) in [4.78, 5) is 168. The zero-order valence-corrected chi connectivity index (χ0v) is 54.9. The maximum atomic E-state index is 14.4. The number of likely N-dealkylation sites (tertiary alicyclic amines) is 2. The smallest absolute Gasteiger partial charge is 0.326 e. The molecule has 0 saturated carbocycles. The summed E-state index contributed by atoms with van der Waals surface area (Å²) in [5.74, 6) is -11.7. The van der Waals surface area contributed by atoms with Crippen LogP contribution in [-0.4, -0.2) is 230 Å². The number of carbonyl (C=O) groups is 12. The lowest BCUT2D eigenvalue weighted by Gasteiger charge is -2.32. The molecular formula is C64H100N12O17S. The highest BCUT2D eigenvalue weighted by Crippen LogP contribution is 2.23. The van der Waals surface area contributed by atoms with E-state index in [0.717, 1.165) is 0 Å². The molecule has 2 saturated heterocycles. The van der Waals surface area contributed by atoms with Crippen molar-refractivity contribution in [2.45, 2.75) is 192 Å². The molecule has 16 N–H and O–H groups in total. The average Bonchev–Trinajstić information content (AvgIpc) is 1.60. The number of carboxylic acid groups (broad SMARTS) is 1. The monoisotopic (exact) mass is 1340 g/mol. The van der Waals surface area contributed by atoms with Crippen LogP contribution in [0.25, 0.3) is 0 Å². The number of rotatable bonds is 37. The number of nitrogens with zero attached hydrogens (tertiary/aromatic N) is 2. The number of nitrogens with one attached hydrogen (secondary N) is 9. The molecule has 524 valence electrons. The minimum Gasteiger partial charge on any atom is -0.480 e. The van der Waals surface area contributed by atoms with E-state index in [1.54, 1.807) is 108 Å². The van der Waals surface area contributed by atoms with Crippen molar-refractivity contribution in [1.29, 1.82) is 0 Å². The minimum absolute atomic E-state index is 0. The van der Waals surface area contributed by atoms with Crippen molar-refractivity contribution in [3.8, 4) is 0 Å². The fourth-order valence-electron chi connectivity index (χ4n) is 10.7. The van der Waals surface area contributed by atoms with E-state index in [0.29, 0.717) is 36.1 Å². The number of aliphatic carboxylic acids is 1. The van der Waals surface area contributed by atoms with Crippen molar-refractivity contribution in [3.05, 3.63) is 71.8 Å². The van der Waals surface area contributed by atoms with Gasteiger partial charge in [0.25, 0.3) is 0 Å². The van der Waals surface area contributed by atoms with Gasteiger partial charge in [-0.1, -0.05) is 116 Å². The number of benzene rings is 2. The SMILES string of the molecule is C.CC[C@H](C)[C@H](NC(=O)[C@H](CO)NC(=O)[C@H](Cc1ccccc1)NC(=O)[C@H](CO)NC(=O)[C@@H](N)[C@@H](C)O)C(=O)N[C@@H](CC(C)C)C(=O)N[C@@H](CCSC)C(=O)N[C@@H](CO)C(=O)N1CCC[C@H]1C(=O)N[C@@H](Cc1ccccc1)C(=O)N[C@H](C(=O)N1CCC[C@H]1C(=O)O)C(C)C. The molecule has 2 fully saturated rings. The lowest BCUT2D eigenvalue weighted by atomic mass is 9.96. The Balaban J connectivity index is 0.0000230. The summed E-state index contributed by atoms with van der Waals surface area (Å²) in [6.45, 7) is 8.89. The number of carbonyl (C=O) groups excluding carboxylic acids is 11. The number of carboxylic acids is 1. The lowest BCUT2D eigenvalue weighted by Crippen LogP contribution is -2.62. The lowest BCUT2D eigenvalue weighted by molar-refractivity contribution is -0.150. The second-order valence-electron chi connectivity index (χ2n) is 24.4. The molecule has 0 spiro atoms. The number of aliphatic hydroxyl groups excluding tert-OH is 4. The first-order chi connectivity index (χ1) is 44.1. The molecule has 2 aromatic carbocycles. The number of hydrogen-bond donors (Lipinski definition) is 15. The number of aliphatic hydroxyl groups is 4. The fraction of sp³-hybridized carbons (Fsp3) is 0.625. The predicted molar refractivity (Wildman–Crippen MR) is 349 cm³/mol. The summed E-state index contributed by atoms with van der Waals surface area (Å²) in [6, 6.07) is 0.379. The van der Waals surface area contributed by atoms with Crippen LogP contribution in [0.4, 0.5) is 0 Å². The third-order valence-electron chi connectivity index (χ3n) is 16.3. The first-order valence-electron chi connectivity index (χ1n) is 31.5. The van der Waals surface area contributed by atoms with Crippen molar-refractivity contribution < 1.29 is 83.1 Å². The van der Waals surface area contributed by atoms with Gasteiger partial charge in [0.1, 0.15) is 72.5 Å². The zero-order chi connectivity index (χ0) is 69.2. The maximum Gasteiger partial charge on any atom is 0.326 e. The quantitative estimate of drug-likeness (QED) is 0.0339. The highest BCUT2D eigenvalue weighted by Gasteiger charge is 2.43. The van der Waals surface area contributed by atoms with Crippen LogP contribution in [-0.2, 0) is 70.4 Å². The number of hydrogen-bond acceptors (Lipinski definition) is 18. The second kappa shape index (κ2) is 39.8. The van der Waals surface area contributed by atoms with Gasteiger partial charge in [0, 0.05) is 25.9 Å². The van der Waals surface area contributed by atoms with Crippen molar-refractivity contribution in [1.82, 2.24) is 57.7 Å². The summed E-state index contributed by atoms with van der Waals surface area (Å²) in [6.07, 6.45) is 1.72. The summed E-state index contributed by atoms with van der Waals surface area (Å²) < 4.78 is 0. The topological polar surface area (TPSA) is 447 Å². The van der Waals surface area contributed by atoms with Gasteiger partial charge in [0.2, 0.25) is 65.0 Å². The molecule has 0 aliphatic carbocycles. The average molecular weight is 1340 g/mol. The Morgan fingerprint density at radius 1 is 0.532 bits per heavy atom. The van der Waals surface area contributed by atoms with Crippen LogP contribution in [0.5, 0.6) is 0 Å². The Morgan fingerprint density at radius 3 is 1.44 bits per heavy atom. The van der Waals surface area contributed by atoms with Gasteiger partial charge in [0.15, 0.2) is 0 Å². The Kier molecular flexibility index (Phi) is 34.1. The van der Waals surface area contributed by atoms with E-state index in [9.17, 15) is 83.1 Å². The van der Waals surface area contributed by atoms with Crippen LogP contribution >= 0.6 is 11.8 Å². The molecule has 0 unspecified atom stereocenters. The molecule has 2 aliphatic rings. The zero-order valence-electron chi connectivity index (χ0n) is 54.1. The van der Waals surface area contributed by atoms with Crippen molar-refractivity contribution >= 4 is 82.7 Å². The van der Waals surface area contributed by atoms with Gasteiger partial charge < -0.3 is 88.9 Å². The van der Waals surface area contributed by atoms with Crippen LogP contribution in [0.15, 0.2) is 60.7 Å². The molecule has 0 bridgehead atoms. The first-order valence-corrected chi connectivity index (χ1v) is 32.9. The molecule has 0 radical (unpaired) electrons. The van der Waals surface area contributed by atoms with Crippen LogP contribution in [0, 0.1) is 17.8 Å². The van der Waals surface area contributed by atoms with E-state index in [2.05, 4.69) is 47.9 Å². The molecule has 4 rings (SSSR count). The number of thioether (sulfide) groups is 1. The van der Waals surface area contributed by atoms with Gasteiger partial charge in [-0.15, -0.1) is 0 Å². The molecule has 30 heteroatoms. The van der Waals surface area contributed by atoms with E-state index in [-0.39, 0.29) is 65.0 Å². The Morgan fingerprint density at radius 2 is 0.947 bits per heavy atom. The summed E-state index contributed by atoms with van der Waals surface area (Å²) in [5.41, 5.74) is 6.88. The normalized spacial score (nSPS) is 18.3. The van der Waals surface area contributed by atoms with E-state index in [4.69, 9.17) is 5.73 Å². The Hall–Kier alpha value is -7.77. The van der Waals surface area contributed by atoms with E-state index in [1.165, 1.54) is 28.5 Å². The largest absolute Gasteiger partial charge is 0.480 e. The fourth-order valence-corrected chi connectivity index (χ4v) is 11.2. The minimum atomic E-state index is -1.73. The Bertz CT molecular complexity index is 2860. The van der Waals surface area contributed by atoms with Crippen molar-refractivity contribution in [3.63, 3.8) is 0 Å². The second-order valence-corrected chi connectivity index (χ2v) is 25.3. The maximum absolute atomic E-state index is 14.4. The highest BCUT2D eigenvalue weighted by molar-refractivity contribution is 7.98. The van der Waals surface area contributed by atoms with Crippen LogP contribution in [0.1, 0.15) is 112 Å². The van der Waals surface area contributed by atoms with Crippen molar-refractivity contribution in [2.24, 2.45) is 23.5 Å². The van der Waals surface area contributed by atoms with Gasteiger partial charge in [-0.3, -0.25) is 52.7 Å². The van der Waals surface area contributed by atoms with Gasteiger partial charge in [-0.25, -0.2) is 4.79 Å². The summed E-state index contributed by atoms with van der Waals surface area (Å²) in [7, 11) is 0. The highest BCUT2D eigenvalue weighted by atomic mass is 32.2. The van der Waals surface area contributed by atoms with Crippen LogP contribution < -0.4 is 53.6 Å². The van der Waals surface area contributed by atoms with Gasteiger partial charge in [0.05, 0.1) is 25.9 Å². The Labute approximate surface area is 553 Å². The molecule has 0 aromatic heterocycles. The van der Waals surface area contributed by atoms with Crippen LogP contribution in [0.3, 0.4) is 0 Å². The molecule has 2 aromatic rings. The third-order valence-corrected chi connectivity index (χ3v) is 17.0. The molecule has 14 atom stereocenters. The molecule has 29 nitrogen and oxygen atoms in total. The summed E-state index contributed by atoms with van der Waals surface area (Å²) >= 11 is 1.34. The summed E-state index contributed by atoms with van der Waals surface area (Å²) in [5, 5.41) is 73.8. The predicted octanol–water partition coefficient (Wildman–Crippen LogP) is -2.28. The molecule has 11 amide bonds. The third kappa shape index (κ3) is 23.9. The molecule has 2 aliphatic heterocycles. The molecular weight excluding hydrogens is 1240 g/mol. The van der Waals surface area contributed by atoms with Crippen molar-refractivity contribution in [2.75, 3.05) is 44.9 Å². The number of nitrogens with two attached hydrogens (primary N) is 1. The molecule has 2 heterocycles. The van der Waals surface area contributed by atoms with E-state index in [1.807, 2.05) is 0 Å². The van der Waals surface area contributed by atoms with E-state index < -0.39 is 181 Å². The van der Waals surface area contributed by atoms with Crippen LogP contribution in [0.2, 0.25) is 0 Å². The standard InChI is InChI=1S/C63H96N12O17S.CH4/c1-9-36(6)51(73-57(85)45(32-77)69-54(82)42(29-38-18-12-10-13-19-38)66-56(84)44(31-76)70-59(87)49(64)37(7)79)60(88)68-41(28-34(2)3)53(81)65-40(24-27-93-8)52(80)71-46(33-78)61(89)74-25-16-22-47(74)58(86)67-43(30-39-20-14-11-15-21-39)55(83)72-50(35(4)5)62(90)75-26-17-23-48(75)63(91)92;/h10-15,18-21,34-37,40-51,76-79H,9,16-17,22-33,64H2,1-8H3,(H,65,81)(H,66,84)(H,67,86)(H,68,88)(H,69,82)(H,70,87)(H,71,80)(H,72,83)(H,73,85)(H,91,92);1H4/t36-,37+,40-,41-,42-,43-,44-,45-,46-,47-,48-,49-,50-,51-;/m0./s1. The van der Waals surface area contributed by atoms with Gasteiger partial charge in [-0.2, -0.15) is 11.8 Å². The molecule has 94 heavy (non-hydrogen) atoms. The first kappa shape index (κ1) is 80.5. The number of amides is 11. The van der Waals surface area contributed by atoms with Gasteiger partial charge in [-0.05, 0) is 86.3 Å². The van der Waals surface area contributed by atoms with E-state index >= 15 is 0 Å².